The molecule has 0 radical (unpaired) electrons. The van der Waals surface area contributed by atoms with E-state index in [1.54, 1.807) is 0 Å². The Kier molecular flexibility index (Phi) is 3.31. The summed E-state index contributed by atoms with van der Waals surface area (Å²) in [5.74, 6) is -0.758. The Bertz CT molecular complexity index is 351. The molecule has 0 aromatic heterocycles. The first-order valence-electron chi connectivity index (χ1n) is 3.20. The second-order valence-corrected chi connectivity index (χ2v) is 3.48. The van der Waals surface area contributed by atoms with E-state index in [1.165, 1.54) is 12.1 Å². The van der Waals surface area contributed by atoms with Gasteiger partial charge in [-0.15, -0.1) is 0 Å². The van der Waals surface area contributed by atoms with Crippen LogP contribution in [0.2, 0.25) is 15.1 Å². The van der Waals surface area contributed by atoms with Gasteiger partial charge in [-0.3, -0.25) is 9.59 Å². The third-order valence-electron chi connectivity index (χ3n) is 1.36. The van der Waals surface area contributed by atoms with Gasteiger partial charge in [0.2, 0.25) is 5.78 Å². The minimum atomic E-state index is -0.758. The third-order valence-corrected chi connectivity index (χ3v) is 2.17. The average molecular weight is 237 g/mol. The van der Waals surface area contributed by atoms with Crippen LogP contribution in [0.25, 0.3) is 0 Å². The highest BCUT2D eigenvalue weighted by molar-refractivity contribution is 6.47. The van der Waals surface area contributed by atoms with Crippen LogP contribution in [0, 0.1) is 0 Å². The Labute approximate surface area is 89.4 Å². The predicted molar refractivity (Wildman–Crippen MR) is 51.9 cm³/mol. The molecule has 5 heteroatoms. The van der Waals surface area contributed by atoms with Crippen LogP contribution >= 0.6 is 34.8 Å². The summed E-state index contributed by atoms with van der Waals surface area (Å²) in [5, 5.41) is 0.474. The van der Waals surface area contributed by atoms with Crippen molar-refractivity contribution in [2.24, 2.45) is 0 Å². The summed E-state index contributed by atoms with van der Waals surface area (Å²) in [6.45, 7) is 0. The average Bonchev–Trinajstić information content (AvgIpc) is 2.02. The van der Waals surface area contributed by atoms with E-state index in [0.29, 0.717) is 5.02 Å². The van der Waals surface area contributed by atoms with Gasteiger partial charge in [0.25, 0.3) is 0 Å². The Morgan fingerprint density at radius 2 is 1.62 bits per heavy atom. The van der Waals surface area contributed by atoms with E-state index in [4.69, 9.17) is 34.8 Å². The molecule has 0 saturated carbocycles. The Morgan fingerprint density at radius 1 is 1.15 bits per heavy atom. The van der Waals surface area contributed by atoms with Gasteiger partial charge in [0.1, 0.15) is 0 Å². The minimum absolute atomic E-state index is 0.0114. The van der Waals surface area contributed by atoms with Crippen molar-refractivity contribution in [3.63, 3.8) is 0 Å². The van der Waals surface area contributed by atoms with E-state index in [2.05, 4.69) is 0 Å². The van der Waals surface area contributed by atoms with E-state index in [0.717, 1.165) is 0 Å². The molecule has 0 heterocycles. The van der Waals surface area contributed by atoms with Crippen molar-refractivity contribution < 1.29 is 9.59 Å². The number of aldehydes is 1. The van der Waals surface area contributed by atoms with E-state index in [-0.39, 0.29) is 21.9 Å². The lowest BCUT2D eigenvalue weighted by Gasteiger charge is -2.02. The fourth-order valence-corrected chi connectivity index (χ4v) is 1.84. The summed E-state index contributed by atoms with van der Waals surface area (Å²) in [5.41, 5.74) is -0.0114. The van der Waals surface area contributed by atoms with Gasteiger partial charge in [-0.25, -0.2) is 0 Å². The molecule has 0 aliphatic carbocycles. The number of hydrogen-bond donors (Lipinski definition) is 0. The molecule has 0 unspecified atom stereocenters. The van der Waals surface area contributed by atoms with Gasteiger partial charge in [-0.2, -0.15) is 0 Å². The molecule has 0 aliphatic heterocycles. The number of benzene rings is 1. The topological polar surface area (TPSA) is 34.1 Å². The smallest absolute Gasteiger partial charge is 0.228 e. The minimum Gasteiger partial charge on any atom is -0.294 e. The van der Waals surface area contributed by atoms with Crippen molar-refractivity contribution in [3.05, 3.63) is 32.8 Å². The van der Waals surface area contributed by atoms with E-state index >= 15 is 0 Å². The van der Waals surface area contributed by atoms with Gasteiger partial charge in [0.15, 0.2) is 6.29 Å². The Balaban J connectivity index is 3.36. The molecule has 0 fully saturated rings. The van der Waals surface area contributed by atoms with Crippen molar-refractivity contribution in [2.75, 3.05) is 0 Å². The van der Waals surface area contributed by atoms with Crippen LogP contribution in [0.1, 0.15) is 10.4 Å². The monoisotopic (exact) mass is 236 g/mol. The van der Waals surface area contributed by atoms with E-state index in [1.807, 2.05) is 0 Å². The normalized spacial score (nSPS) is 9.77. The summed E-state index contributed by atoms with van der Waals surface area (Å²) in [6.07, 6.45) is 0.154. The van der Waals surface area contributed by atoms with Crippen molar-refractivity contribution >= 4 is 46.9 Å². The zero-order valence-corrected chi connectivity index (χ0v) is 8.45. The van der Waals surface area contributed by atoms with Crippen LogP contribution in [0.4, 0.5) is 0 Å². The number of Topliss-reactive ketones (excluding diaryl/α,β-unsaturated/α-hetero) is 1. The lowest BCUT2D eigenvalue weighted by molar-refractivity contribution is -0.104. The first kappa shape index (κ1) is 10.5. The fourth-order valence-electron chi connectivity index (χ4n) is 0.837. The molecule has 0 atom stereocenters. The van der Waals surface area contributed by atoms with Crippen molar-refractivity contribution in [3.8, 4) is 0 Å². The molecule has 2 nitrogen and oxygen atoms in total. The summed E-state index contributed by atoms with van der Waals surface area (Å²) in [4.78, 5) is 21.2. The highest BCUT2D eigenvalue weighted by Gasteiger charge is 2.14. The maximum atomic E-state index is 11.0. The molecule has 13 heavy (non-hydrogen) atoms. The second-order valence-electron chi connectivity index (χ2n) is 2.23. The lowest BCUT2D eigenvalue weighted by atomic mass is 10.1. The molecule has 0 amide bonds. The number of carbonyl (C=O) groups is 2. The van der Waals surface area contributed by atoms with Crippen LogP contribution in [0.15, 0.2) is 12.1 Å². The van der Waals surface area contributed by atoms with Gasteiger partial charge < -0.3 is 0 Å². The van der Waals surface area contributed by atoms with Crippen LogP contribution in [0.3, 0.4) is 0 Å². The molecule has 0 spiro atoms. The standard InChI is InChI=1S/C8H3Cl3O2/c9-4-1-5(10)8(6(11)2-4)7(13)3-12/h1-3H. The molecule has 68 valence electrons. The first-order chi connectivity index (χ1) is 6.06. The van der Waals surface area contributed by atoms with Gasteiger partial charge in [0, 0.05) is 5.02 Å². The van der Waals surface area contributed by atoms with E-state index < -0.39 is 5.78 Å². The Morgan fingerprint density at radius 3 is 2.00 bits per heavy atom. The van der Waals surface area contributed by atoms with Crippen LogP contribution < -0.4 is 0 Å². The molecule has 0 saturated heterocycles. The van der Waals surface area contributed by atoms with Crippen LogP contribution in [-0.4, -0.2) is 12.1 Å². The van der Waals surface area contributed by atoms with Gasteiger partial charge in [0.05, 0.1) is 15.6 Å². The first-order valence-corrected chi connectivity index (χ1v) is 4.33. The SMILES string of the molecule is O=CC(=O)c1c(Cl)cc(Cl)cc1Cl. The summed E-state index contributed by atoms with van der Waals surface area (Å²) < 4.78 is 0. The van der Waals surface area contributed by atoms with Gasteiger partial charge >= 0.3 is 0 Å². The molecule has 0 aliphatic rings. The number of ketones is 1. The number of carbonyl (C=O) groups excluding carboxylic acids is 2. The third kappa shape index (κ3) is 2.21. The quantitative estimate of drug-likeness (QED) is 0.450. The zero-order valence-electron chi connectivity index (χ0n) is 6.18. The van der Waals surface area contributed by atoms with Crippen LogP contribution in [0.5, 0.6) is 0 Å². The summed E-state index contributed by atoms with van der Waals surface area (Å²) in [6, 6.07) is 2.71. The molecule has 1 aromatic rings. The van der Waals surface area contributed by atoms with Crippen molar-refractivity contribution in [2.45, 2.75) is 0 Å². The van der Waals surface area contributed by atoms with Gasteiger partial charge in [-0.1, -0.05) is 34.8 Å². The number of rotatable bonds is 2. The highest BCUT2D eigenvalue weighted by Crippen LogP contribution is 2.28. The maximum absolute atomic E-state index is 11.0. The van der Waals surface area contributed by atoms with Crippen molar-refractivity contribution in [1.29, 1.82) is 0 Å². The van der Waals surface area contributed by atoms with Gasteiger partial charge in [-0.05, 0) is 12.1 Å². The molecule has 1 rings (SSSR count). The summed E-state index contributed by atoms with van der Waals surface area (Å²) >= 11 is 16.9. The van der Waals surface area contributed by atoms with Crippen molar-refractivity contribution in [1.82, 2.24) is 0 Å². The van der Waals surface area contributed by atoms with E-state index in [9.17, 15) is 9.59 Å². The highest BCUT2D eigenvalue weighted by atomic mass is 35.5. The predicted octanol–water partition coefficient (Wildman–Crippen LogP) is 3.03. The Hall–Kier alpha value is -0.570. The lowest BCUT2D eigenvalue weighted by Crippen LogP contribution is -2.01. The molecular formula is C8H3Cl3O2. The number of hydrogen-bond acceptors (Lipinski definition) is 2. The number of halogens is 3. The largest absolute Gasteiger partial charge is 0.294 e. The maximum Gasteiger partial charge on any atom is 0.228 e. The van der Waals surface area contributed by atoms with Crippen LogP contribution in [-0.2, 0) is 4.79 Å². The molecule has 0 bridgehead atoms. The zero-order chi connectivity index (χ0) is 10.0. The summed E-state index contributed by atoms with van der Waals surface area (Å²) in [7, 11) is 0. The molecule has 1 aromatic carbocycles. The molecule has 0 N–H and O–H groups in total. The molecular weight excluding hydrogens is 234 g/mol. The second kappa shape index (κ2) is 4.09. The fraction of sp³-hybridized carbons (Fsp3) is 0.